The summed E-state index contributed by atoms with van der Waals surface area (Å²) < 4.78 is 5.02. The second kappa shape index (κ2) is 5.00. The first-order chi connectivity index (χ1) is 8.52. The summed E-state index contributed by atoms with van der Waals surface area (Å²) in [6.45, 7) is 1.79. The Morgan fingerprint density at radius 1 is 1.33 bits per heavy atom. The van der Waals surface area contributed by atoms with Crippen LogP contribution in [0.25, 0.3) is 11.3 Å². The molecule has 6 heteroatoms. The van der Waals surface area contributed by atoms with E-state index in [1.165, 1.54) is 0 Å². The number of aromatic carboxylic acids is 1. The molecule has 0 atom stereocenters. The molecule has 0 saturated carbocycles. The normalized spacial score (nSPS) is 10.6. The first kappa shape index (κ1) is 12.9. The number of aryl methyl sites for hydroxylation is 1. The number of halogens is 2. The minimum Gasteiger partial charge on any atom is -0.477 e. The van der Waals surface area contributed by atoms with Crippen molar-refractivity contribution in [3.8, 4) is 11.3 Å². The number of hydrogen-bond acceptors (Lipinski definition) is 3. The fourth-order valence-electron chi connectivity index (χ4n) is 1.67. The Bertz CT molecular complexity index is 587. The average Bonchev–Trinajstić information content (AvgIpc) is 2.71. The molecule has 94 valence electrons. The molecule has 0 aliphatic rings. The third kappa shape index (κ3) is 2.35. The van der Waals surface area contributed by atoms with Crippen LogP contribution < -0.4 is 0 Å². The standard InChI is InChI=1S/C12H9Cl2NO3/c1-2-9-10(12(16)17)11(15-18-9)6-3-7(13)5-8(14)4-6/h3-5H,2H2,1H3,(H,16,17). The van der Waals surface area contributed by atoms with Gasteiger partial charge in [-0.25, -0.2) is 4.79 Å². The Morgan fingerprint density at radius 2 is 1.94 bits per heavy atom. The molecule has 1 N–H and O–H groups in total. The van der Waals surface area contributed by atoms with Gasteiger partial charge in [0.1, 0.15) is 11.3 Å². The molecular formula is C12H9Cl2NO3. The van der Waals surface area contributed by atoms with Crippen LogP contribution in [0.3, 0.4) is 0 Å². The van der Waals surface area contributed by atoms with E-state index in [2.05, 4.69) is 5.16 Å². The van der Waals surface area contributed by atoms with Gasteiger partial charge >= 0.3 is 5.97 Å². The van der Waals surface area contributed by atoms with E-state index in [1.54, 1.807) is 25.1 Å². The predicted octanol–water partition coefficient (Wildman–Crippen LogP) is 3.91. The van der Waals surface area contributed by atoms with Crippen molar-refractivity contribution in [1.29, 1.82) is 0 Å². The van der Waals surface area contributed by atoms with E-state index in [1.807, 2.05) is 0 Å². The largest absolute Gasteiger partial charge is 0.477 e. The van der Waals surface area contributed by atoms with Crippen molar-refractivity contribution in [3.63, 3.8) is 0 Å². The lowest BCUT2D eigenvalue weighted by Gasteiger charge is -2.01. The molecule has 0 bridgehead atoms. The maximum atomic E-state index is 11.2. The molecule has 2 rings (SSSR count). The predicted molar refractivity (Wildman–Crippen MR) is 68.3 cm³/mol. The van der Waals surface area contributed by atoms with Crippen molar-refractivity contribution in [2.45, 2.75) is 13.3 Å². The number of benzene rings is 1. The first-order valence-corrected chi connectivity index (χ1v) is 5.96. The molecule has 0 aliphatic carbocycles. The van der Waals surface area contributed by atoms with Gasteiger partial charge in [-0.15, -0.1) is 0 Å². The number of hydrogen-bond donors (Lipinski definition) is 1. The highest BCUT2D eigenvalue weighted by Gasteiger charge is 2.22. The van der Waals surface area contributed by atoms with E-state index in [9.17, 15) is 9.90 Å². The number of aromatic nitrogens is 1. The highest BCUT2D eigenvalue weighted by molar-refractivity contribution is 6.35. The quantitative estimate of drug-likeness (QED) is 0.929. The summed E-state index contributed by atoms with van der Waals surface area (Å²) in [5.74, 6) is -0.757. The van der Waals surface area contributed by atoms with Gasteiger partial charge in [-0.3, -0.25) is 0 Å². The van der Waals surface area contributed by atoms with E-state index in [4.69, 9.17) is 27.7 Å². The number of carbonyl (C=O) groups is 1. The molecule has 0 saturated heterocycles. The maximum absolute atomic E-state index is 11.2. The highest BCUT2D eigenvalue weighted by Crippen LogP contribution is 2.30. The molecule has 0 amide bonds. The van der Waals surface area contributed by atoms with Gasteiger partial charge in [-0.05, 0) is 18.2 Å². The molecular weight excluding hydrogens is 277 g/mol. The third-order valence-corrected chi connectivity index (χ3v) is 2.87. The fourth-order valence-corrected chi connectivity index (χ4v) is 2.20. The van der Waals surface area contributed by atoms with Crippen molar-refractivity contribution in [3.05, 3.63) is 39.6 Å². The molecule has 0 unspecified atom stereocenters. The van der Waals surface area contributed by atoms with E-state index < -0.39 is 5.97 Å². The molecule has 4 nitrogen and oxygen atoms in total. The zero-order valence-electron chi connectivity index (χ0n) is 9.41. The van der Waals surface area contributed by atoms with Gasteiger partial charge in [0.25, 0.3) is 0 Å². The molecule has 1 aromatic carbocycles. The van der Waals surface area contributed by atoms with Crippen molar-refractivity contribution in [2.75, 3.05) is 0 Å². The summed E-state index contributed by atoms with van der Waals surface area (Å²) in [6, 6.07) is 4.75. The molecule has 0 aliphatic heterocycles. The Balaban J connectivity index is 2.63. The van der Waals surface area contributed by atoms with Crippen LogP contribution in [0.15, 0.2) is 22.7 Å². The molecule has 0 spiro atoms. The van der Waals surface area contributed by atoms with E-state index in [0.29, 0.717) is 27.8 Å². The number of nitrogens with zero attached hydrogens (tertiary/aromatic N) is 1. The minimum absolute atomic E-state index is 0.0517. The van der Waals surface area contributed by atoms with Crippen LogP contribution in [0.4, 0.5) is 0 Å². The lowest BCUT2D eigenvalue weighted by Crippen LogP contribution is -2.00. The Hall–Kier alpha value is -1.52. The van der Waals surface area contributed by atoms with Crippen LogP contribution in [-0.2, 0) is 6.42 Å². The molecule has 1 heterocycles. The van der Waals surface area contributed by atoms with Crippen molar-refractivity contribution >= 4 is 29.2 Å². The van der Waals surface area contributed by atoms with Gasteiger partial charge in [-0.1, -0.05) is 35.3 Å². The van der Waals surface area contributed by atoms with E-state index >= 15 is 0 Å². The monoisotopic (exact) mass is 285 g/mol. The van der Waals surface area contributed by atoms with Gasteiger partial charge in [0, 0.05) is 22.0 Å². The average molecular weight is 286 g/mol. The number of carboxylic acids is 1. The summed E-state index contributed by atoms with van der Waals surface area (Å²) in [5.41, 5.74) is 0.813. The van der Waals surface area contributed by atoms with Crippen LogP contribution in [0.5, 0.6) is 0 Å². The smallest absolute Gasteiger partial charge is 0.341 e. The zero-order valence-corrected chi connectivity index (χ0v) is 10.9. The van der Waals surface area contributed by atoms with Gasteiger partial charge in [0.05, 0.1) is 0 Å². The Labute approximate surface area is 113 Å². The van der Waals surface area contributed by atoms with E-state index in [-0.39, 0.29) is 11.3 Å². The van der Waals surface area contributed by atoms with Crippen LogP contribution >= 0.6 is 23.2 Å². The molecule has 1 aromatic heterocycles. The van der Waals surface area contributed by atoms with Crippen molar-refractivity contribution in [2.24, 2.45) is 0 Å². The summed E-state index contributed by atoms with van der Waals surface area (Å²) in [4.78, 5) is 11.2. The molecule has 18 heavy (non-hydrogen) atoms. The van der Waals surface area contributed by atoms with Crippen molar-refractivity contribution < 1.29 is 14.4 Å². The Kier molecular flexibility index (Phi) is 3.59. The van der Waals surface area contributed by atoms with Gasteiger partial charge in [0.2, 0.25) is 0 Å². The number of rotatable bonds is 3. The third-order valence-electron chi connectivity index (χ3n) is 2.43. The molecule has 0 fully saturated rings. The second-order valence-electron chi connectivity index (χ2n) is 3.65. The van der Waals surface area contributed by atoms with Crippen LogP contribution in [0.1, 0.15) is 23.0 Å². The van der Waals surface area contributed by atoms with Crippen LogP contribution in [0, 0.1) is 0 Å². The summed E-state index contributed by atoms with van der Waals surface area (Å²) >= 11 is 11.8. The lowest BCUT2D eigenvalue weighted by molar-refractivity contribution is 0.0695. The Morgan fingerprint density at radius 3 is 2.44 bits per heavy atom. The van der Waals surface area contributed by atoms with Gasteiger partial charge < -0.3 is 9.63 Å². The maximum Gasteiger partial charge on any atom is 0.341 e. The minimum atomic E-state index is -1.08. The first-order valence-electron chi connectivity index (χ1n) is 5.21. The highest BCUT2D eigenvalue weighted by atomic mass is 35.5. The SMILES string of the molecule is CCc1onc(-c2cc(Cl)cc(Cl)c2)c1C(=O)O. The molecule has 2 aromatic rings. The number of carboxylic acid groups (broad SMARTS) is 1. The summed E-state index contributed by atoms with van der Waals surface area (Å²) in [5, 5.41) is 13.8. The van der Waals surface area contributed by atoms with E-state index in [0.717, 1.165) is 0 Å². The molecule has 0 radical (unpaired) electrons. The zero-order chi connectivity index (χ0) is 13.3. The topological polar surface area (TPSA) is 63.3 Å². The van der Waals surface area contributed by atoms with Gasteiger partial charge in [0.15, 0.2) is 5.76 Å². The van der Waals surface area contributed by atoms with Gasteiger partial charge in [-0.2, -0.15) is 0 Å². The lowest BCUT2D eigenvalue weighted by atomic mass is 10.1. The van der Waals surface area contributed by atoms with Crippen LogP contribution in [-0.4, -0.2) is 16.2 Å². The summed E-state index contributed by atoms with van der Waals surface area (Å²) in [6.07, 6.45) is 0.447. The fraction of sp³-hybridized carbons (Fsp3) is 0.167. The summed E-state index contributed by atoms with van der Waals surface area (Å²) in [7, 11) is 0. The second-order valence-corrected chi connectivity index (χ2v) is 4.52. The van der Waals surface area contributed by atoms with Crippen LogP contribution in [0.2, 0.25) is 10.0 Å². The van der Waals surface area contributed by atoms with Crippen molar-refractivity contribution in [1.82, 2.24) is 5.16 Å².